The van der Waals surface area contributed by atoms with Crippen LogP contribution in [0.5, 0.6) is 0 Å². The zero-order valence-electron chi connectivity index (χ0n) is 13.1. The fraction of sp³-hybridized carbons (Fsp3) is 1.00. The molecular formula is C16H31NO2S. The lowest BCUT2D eigenvalue weighted by atomic mass is 9.89. The fourth-order valence-electron chi connectivity index (χ4n) is 4.00. The van der Waals surface area contributed by atoms with Crippen molar-refractivity contribution in [2.75, 3.05) is 6.26 Å². The standard InChI is InChI=1S/C16H31NO2S/c1-13(14-8-5-3-4-6-9-14)17-15-10-7-11-16(12-15)20(2,18)19/h13-17H,3-12H2,1-2H3/t13-,15?,16?/m0/s1. The summed E-state index contributed by atoms with van der Waals surface area (Å²) in [4.78, 5) is 0. The second-order valence-corrected chi connectivity index (χ2v) is 9.35. The smallest absolute Gasteiger partial charge is 0.150 e. The van der Waals surface area contributed by atoms with E-state index in [-0.39, 0.29) is 5.25 Å². The largest absolute Gasteiger partial charge is 0.311 e. The molecule has 2 unspecified atom stereocenters. The van der Waals surface area contributed by atoms with Crippen LogP contribution in [0.2, 0.25) is 0 Å². The van der Waals surface area contributed by atoms with Gasteiger partial charge in [0.05, 0.1) is 5.25 Å². The molecule has 0 aromatic rings. The summed E-state index contributed by atoms with van der Waals surface area (Å²) in [6, 6.07) is 0.943. The molecule has 0 bridgehead atoms. The molecule has 0 amide bonds. The highest BCUT2D eigenvalue weighted by atomic mass is 32.2. The van der Waals surface area contributed by atoms with Gasteiger partial charge in [0, 0.05) is 18.3 Å². The Bertz CT molecular complexity index is 385. The average molecular weight is 301 g/mol. The predicted molar refractivity (Wildman–Crippen MR) is 84.7 cm³/mol. The van der Waals surface area contributed by atoms with Gasteiger partial charge in [-0.3, -0.25) is 0 Å². The molecule has 0 aromatic carbocycles. The topological polar surface area (TPSA) is 46.2 Å². The summed E-state index contributed by atoms with van der Waals surface area (Å²) in [5.74, 6) is 0.788. The minimum absolute atomic E-state index is 0.116. The Morgan fingerprint density at radius 2 is 1.60 bits per heavy atom. The summed E-state index contributed by atoms with van der Waals surface area (Å²) < 4.78 is 23.5. The lowest BCUT2D eigenvalue weighted by molar-refractivity contribution is 0.274. The van der Waals surface area contributed by atoms with E-state index in [0.717, 1.165) is 31.6 Å². The van der Waals surface area contributed by atoms with Crippen molar-refractivity contribution in [1.29, 1.82) is 0 Å². The fourth-order valence-corrected chi connectivity index (χ4v) is 5.18. The Morgan fingerprint density at radius 3 is 2.20 bits per heavy atom. The van der Waals surface area contributed by atoms with Gasteiger partial charge in [-0.2, -0.15) is 0 Å². The molecule has 3 nitrogen and oxygen atoms in total. The van der Waals surface area contributed by atoms with E-state index < -0.39 is 9.84 Å². The first-order valence-corrected chi connectivity index (χ1v) is 10.4. The third-order valence-electron chi connectivity index (χ3n) is 5.34. The molecule has 0 spiro atoms. The van der Waals surface area contributed by atoms with E-state index in [2.05, 4.69) is 12.2 Å². The molecule has 1 N–H and O–H groups in total. The van der Waals surface area contributed by atoms with Crippen molar-refractivity contribution in [3.05, 3.63) is 0 Å². The Labute approximate surface area is 124 Å². The van der Waals surface area contributed by atoms with Gasteiger partial charge in [0.1, 0.15) is 9.84 Å². The first-order valence-electron chi connectivity index (χ1n) is 8.41. The first-order chi connectivity index (χ1) is 9.47. The maximum absolute atomic E-state index is 11.7. The molecule has 2 aliphatic rings. The Kier molecular flexibility index (Phi) is 5.91. The van der Waals surface area contributed by atoms with Crippen LogP contribution in [-0.2, 0) is 9.84 Å². The highest BCUT2D eigenvalue weighted by molar-refractivity contribution is 7.91. The normalized spacial score (nSPS) is 31.7. The van der Waals surface area contributed by atoms with Crippen LogP contribution in [0.1, 0.15) is 71.1 Å². The summed E-state index contributed by atoms with van der Waals surface area (Å²) in [6.07, 6.45) is 13.5. The van der Waals surface area contributed by atoms with Gasteiger partial charge in [-0.05, 0) is 44.9 Å². The van der Waals surface area contributed by atoms with E-state index in [1.54, 1.807) is 0 Å². The van der Waals surface area contributed by atoms with Crippen molar-refractivity contribution < 1.29 is 8.42 Å². The van der Waals surface area contributed by atoms with Crippen LogP contribution in [-0.4, -0.2) is 32.0 Å². The minimum Gasteiger partial charge on any atom is -0.311 e. The van der Waals surface area contributed by atoms with Crippen molar-refractivity contribution in [3.8, 4) is 0 Å². The van der Waals surface area contributed by atoms with Gasteiger partial charge in [-0.25, -0.2) is 8.42 Å². The monoisotopic (exact) mass is 301 g/mol. The number of hydrogen-bond acceptors (Lipinski definition) is 3. The molecule has 2 rings (SSSR count). The summed E-state index contributed by atoms with van der Waals surface area (Å²) >= 11 is 0. The third kappa shape index (κ3) is 4.73. The van der Waals surface area contributed by atoms with E-state index in [1.807, 2.05) is 0 Å². The van der Waals surface area contributed by atoms with E-state index >= 15 is 0 Å². The molecule has 0 radical (unpaired) electrons. The summed E-state index contributed by atoms with van der Waals surface area (Å²) in [5.41, 5.74) is 0. The SMILES string of the molecule is C[C@H](NC1CCCC(S(C)(=O)=O)C1)C1CCCCCC1. The Morgan fingerprint density at radius 1 is 0.950 bits per heavy atom. The Balaban J connectivity index is 1.85. The second kappa shape index (κ2) is 7.26. The van der Waals surface area contributed by atoms with Gasteiger partial charge in [-0.15, -0.1) is 0 Å². The zero-order valence-corrected chi connectivity index (χ0v) is 13.9. The molecule has 2 fully saturated rings. The van der Waals surface area contributed by atoms with Crippen molar-refractivity contribution in [2.45, 2.75) is 88.5 Å². The Hall–Kier alpha value is -0.0900. The average Bonchev–Trinajstić information content (AvgIpc) is 2.67. The van der Waals surface area contributed by atoms with Crippen LogP contribution in [0.4, 0.5) is 0 Å². The van der Waals surface area contributed by atoms with Crippen LogP contribution < -0.4 is 5.32 Å². The van der Waals surface area contributed by atoms with Crippen LogP contribution >= 0.6 is 0 Å². The summed E-state index contributed by atoms with van der Waals surface area (Å²) in [6.45, 7) is 2.31. The molecule has 0 saturated heterocycles. The van der Waals surface area contributed by atoms with E-state index in [1.165, 1.54) is 44.8 Å². The molecule has 0 aliphatic heterocycles. The van der Waals surface area contributed by atoms with Crippen LogP contribution in [0.3, 0.4) is 0 Å². The molecular weight excluding hydrogens is 270 g/mol. The van der Waals surface area contributed by atoms with Gasteiger partial charge in [-0.1, -0.05) is 32.1 Å². The van der Waals surface area contributed by atoms with Crippen molar-refractivity contribution in [2.24, 2.45) is 5.92 Å². The quantitative estimate of drug-likeness (QED) is 0.811. The summed E-state index contributed by atoms with van der Waals surface area (Å²) in [7, 11) is -2.87. The second-order valence-electron chi connectivity index (χ2n) is 7.02. The van der Waals surface area contributed by atoms with Gasteiger partial charge in [0.2, 0.25) is 0 Å². The highest BCUT2D eigenvalue weighted by Crippen LogP contribution is 2.28. The van der Waals surface area contributed by atoms with E-state index in [9.17, 15) is 8.42 Å². The van der Waals surface area contributed by atoms with Crippen LogP contribution in [0, 0.1) is 5.92 Å². The van der Waals surface area contributed by atoms with Gasteiger partial charge in [0.25, 0.3) is 0 Å². The molecule has 118 valence electrons. The van der Waals surface area contributed by atoms with Crippen molar-refractivity contribution >= 4 is 9.84 Å². The molecule has 2 saturated carbocycles. The predicted octanol–water partition coefficient (Wildman–Crippen LogP) is 3.29. The van der Waals surface area contributed by atoms with E-state index in [0.29, 0.717) is 12.1 Å². The minimum atomic E-state index is -2.87. The summed E-state index contributed by atoms with van der Waals surface area (Å²) in [5, 5.41) is 3.64. The zero-order chi connectivity index (χ0) is 14.6. The molecule has 3 atom stereocenters. The van der Waals surface area contributed by atoms with Crippen molar-refractivity contribution in [3.63, 3.8) is 0 Å². The number of hydrogen-bond donors (Lipinski definition) is 1. The lowest BCUT2D eigenvalue weighted by Crippen LogP contribution is -2.45. The number of rotatable bonds is 4. The van der Waals surface area contributed by atoms with Crippen molar-refractivity contribution in [1.82, 2.24) is 5.32 Å². The molecule has 20 heavy (non-hydrogen) atoms. The maximum Gasteiger partial charge on any atom is 0.150 e. The van der Waals surface area contributed by atoms with Crippen LogP contribution in [0.15, 0.2) is 0 Å². The molecule has 2 aliphatic carbocycles. The first kappa shape index (κ1) is 16.3. The maximum atomic E-state index is 11.7. The number of sulfone groups is 1. The molecule has 0 aromatic heterocycles. The third-order valence-corrected chi connectivity index (χ3v) is 6.98. The highest BCUT2D eigenvalue weighted by Gasteiger charge is 2.30. The van der Waals surface area contributed by atoms with Gasteiger partial charge >= 0.3 is 0 Å². The van der Waals surface area contributed by atoms with E-state index in [4.69, 9.17) is 0 Å². The van der Waals surface area contributed by atoms with Gasteiger partial charge < -0.3 is 5.32 Å². The molecule has 4 heteroatoms. The van der Waals surface area contributed by atoms with Gasteiger partial charge in [0.15, 0.2) is 0 Å². The van der Waals surface area contributed by atoms with Crippen LogP contribution in [0.25, 0.3) is 0 Å². The molecule has 0 heterocycles. The lowest BCUT2D eigenvalue weighted by Gasteiger charge is -2.33. The number of nitrogens with one attached hydrogen (secondary N) is 1.